The van der Waals surface area contributed by atoms with E-state index in [1.807, 2.05) is 77.9 Å². The summed E-state index contributed by atoms with van der Waals surface area (Å²) in [6.45, 7) is 16.5. The molecule has 7 rings (SSSR count). The van der Waals surface area contributed by atoms with Crippen molar-refractivity contribution >= 4 is 29.3 Å². The lowest BCUT2D eigenvalue weighted by Crippen LogP contribution is -2.60. The summed E-state index contributed by atoms with van der Waals surface area (Å²) in [5.41, 5.74) is 7.04. The van der Waals surface area contributed by atoms with Crippen LogP contribution in [0.5, 0.6) is 0 Å². The Balaban J connectivity index is 1.28. The topological polar surface area (TPSA) is 202 Å². The Kier molecular flexibility index (Phi) is 14.1. The number of ether oxygens (including phenoxy) is 6. The number of nitrogens with two attached hydrogens (primary N) is 1. The van der Waals surface area contributed by atoms with Crippen LogP contribution in [-0.2, 0) is 44.7 Å². The number of aromatic nitrogens is 2. The number of likely N-dealkylation sites (N-methyl/N-ethyl adjacent to an activating group) is 1. The maximum absolute atomic E-state index is 14.6. The molecular formula is C46H67N7O10. The van der Waals surface area contributed by atoms with Crippen LogP contribution in [0.2, 0.25) is 0 Å². The second-order valence-corrected chi connectivity index (χ2v) is 18.8. The summed E-state index contributed by atoms with van der Waals surface area (Å²) in [6, 6.07) is 8.53. The Morgan fingerprint density at radius 3 is 2.56 bits per heavy atom. The zero-order valence-electron chi connectivity index (χ0n) is 38.4. The average molecular weight is 878 g/mol. The molecule has 0 saturated carbocycles. The number of nitrogens with zero attached hydrogens (tertiary/aromatic N) is 6. The van der Waals surface area contributed by atoms with Gasteiger partial charge in [-0.2, -0.15) is 0 Å². The van der Waals surface area contributed by atoms with Crippen molar-refractivity contribution in [3.8, 4) is 11.3 Å². The van der Waals surface area contributed by atoms with Crippen LogP contribution in [0.1, 0.15) is 80.3 Å². The molecule has 17 heteroatoms. The van der Waals surface area contributed by atoms with E-state index in [4.69, 9.17) is 49.0 Å². The summed E-state index contributed by atoms with van der Waals surface area (Å²) in [5, 5.41) is 16.4. The van der Waals surface area contributed by atoms with E-state index in [1.165, 1.54) is 0 Å². The maximum Gasteiger partial charge on any atom is 0.410 e. The van der Waals surface area contributed by atoms with Crippen molar-refractivity contribution in [3.05, 3.63) is 42.2 Å². The second kappa shape index (κ2) is 19.1. The number of anilines is 1. The van der Waals surface area contributed by atoms with E-state index >= 15 is 0 Å². The van der Waals surface area contributed by atoms with Gasteiger partial charge >= 0.3 is 12.1 Å². The lowest BCUT2D eigenvalue weighted by atomic mass is 9.72. The van der Waals surface area contributed by atoms with Gasteiger partial charge in [-0.15, -0.1) is 0 Å². The van der Waals surface area contributed by atoms with E-state index in [-0.39, 0.29) is 43.8 Å². The first-order valence-corrected chi connectivity index (χ1v) is 22.4. The number of rotatable bonds is 8. The molecule has 1 amide bonds. The van der Waals surface area contributed by atoms with E-state index < -0.39 is 71.8 Å². The number of aliphatic hydroxyl groups excluding tert-OH is 1. The van der Waals surface area contributed by atoms with Gasteiger partial charge in [0, 0.05) is 41.9 Å². The maximum atomic E-state index is 14.6. The number of esters is 1. The highest BCUT2D eigenvalue weighted by Crippen LogP contribution is 2.45. The van der Waals surface area contributed by atoms with Crippen molar-refractivity contribution in [1.82, 2.24) is 19.8 Å². The Hall–Kier alpha value is -4.26. The molecule has 14 atom stereocenters. The van der Waals surface area contributed by atoms with E-state index in [0.717, 1.165) is 11.3 Å². The van der Waals surface area contributed by atoms with Gasteiger partial charge < -0.3 is 49.0 Å². The highest BCUT2D eigenvalue weighted by molar-refractivity contribution is 5.91. The number of fused-ring (bicyclic) bond motifs is 4. The van der Waals surface area contributed by atoms with E-state index in [1.54, 1.807) is 24.1 Å². The van der Waals surface area contributed by atoms with Crippen molar-refractivity contribution in [3.63, 3.8) is 0 Å². The van der Waals surface area contributed by atoms with Crippen molar-refractivity contribution in [2.75, 3.05) is 46.1 Å². The predicted octanol–water partition coefficient (Wildman–Crippen LogP) is 4.89. The van der Waals surface area contributed by atoms with Crippen molar-refractivity contribution in [2.24, 2.45) is 33.8 Å². The van der Waals surface area contributed by atoms with Crippen LogP contribution >= 0.6 is 0 Å². The smallest absolute Gasteiger partial charge is 0.410 e. The minimum absolute atomic E-state index is 0.00647. The number of amides is 1. The fourth-order valence-corrected chi connectivity index (χ4v) is 10.7. The van der Waals surface area contributed by atoms with Crippen LogP contribution in [0.25, 0.3) is 11.3 Å². The van der Waals surface area contributed by atoms with Gasteiger partial charge in [0.25, 0.3) is 0 Å². The number of carbonyl (C=O) groups excluding carboxylic acids is 2. The molecule has 0 unspecified atom stereocenters. The molecule has 2 aromatic heterocycles. The van der Waals surface area contributed by atoms with Gasteiger partial charge in [0.15, 0.2) is 18.5 Å². The third kappa shape index (κ3) is 9.59. The van der Waals surface area contributed by atoms with E-state index in [0.29, 0.717) is 55.3 Å². The molecule has 346 valence electrons. The molecule has 0 aromatic carbocycles. The first kappa shape index (κ1) is 46.7. The molecule has 4 saturated heterocycles. The summed E-state index contributed by atoms with van der Waals surface area (Å²) in [5.74, 6) is -1.93. The van der Waals surface area contributed by atoms with Crippen LogP contribution in [0.3, 0.4) is 0 Å². The summed E-state index contributed by atoms with van der Waals surface area (Å²) in [6.07, 6.45) is -1.93. The molecule has 0 aliphatic carbocycles. The normalized spacial score (nSPS) is 38.4. The van der Waals surface area contributed by atoms with Crippen LogP contribution in [0.15, 0.2) is 46.7 Å². The number of cyclic esters (lactones) is 1. The molecule has 5 aliphatic heterocycles. The predicted molar refractivity (Wildman–Crippen MR) is 235 cm³/mol. The van der Waals surface area contributed by atoms with Gasteiger partial charge in [0.2, 0.25) is 0 Å². The van der Waals surface area contributed by atoms with Crippen LogP contribution in [-0.4, -0.2) is 149 Å². The number of pyridine rings is 2. The first-order valence-electron chi connectivity index (χ1n) is 22.4. The Labute approximate surface area is 371 Å². The number of aliphatic hydroxyl groups is 1. The number of aliphatic imine (C=N–C) groups is 1. The first-order chi connectivity index (χ1) is 29.9. The number of hydrogen-bond acceptors (Lipinski definition) is 16. The van der Waals surface area contributed by atoms with Gasteiger partial charge in [-0.1, -0.05) is 38.9 Å². The van der Waals surface area contributed by atoms with Crippen molar-refractivity contribution in [1.29, 1.82) is 0 Å². The van der Waals surface area contributed by atoms with Gasteiger partial charge in [-0.25, -0.2) is 14.8 Å². The van der Waals surface area contributed by atoms with Crippen molar-refractivity contribution in [2.45, 2.75) is 141 Å². The Bertz CT molecular complexity index is 2000. The molecular weight excluding hydrogens is 811 g/mol. The fourth-order valence-electron chi connectivity index (χ4n) is 10.7. The lowest BCUT2D eigenvalue weighted by molar-refractivity contribution is -0.302. The Morgan fingerprint density at radius 1 is 1.06 bits per heavy atom. The highest BCUT2D eigenvalue weighted by Gasteiger charge is 2.60. The number of nitrogen functional groups attached to an aromatic ring is 1. The molecule has 0 spiro atoms. The van der Waals surface area contributed by atoms with Gasteiger partial charge in [0.1, 0.15) is 23.7 Å². The van der Waals surface area contributed by atoms with E-state index in [2.05, 4.69) is 24.0 Å². The molecule has 7 heterocycles. The monoisotopic (exact) mass is 877 g/mol. The molecule has 4 fully saturated rings. The third-order valence-corrected chi connectivity index (χ3v) is 13.9. The Morgan fingerprint density at radius 2 is 1.84 bits per heavy atom. The van der Waals surface area contributed by atoms with Gasteiger partial charge in [-0.3, -0.25) is 14.7 Å². The van der Waals surface area contributed by atoms with Crippen LogP contribution in [0, 0.1) is 23.7 Å². The molecule has 3 N–H and O–H groups in total. The zero-order chi connectivity index (χ0) is 45.4. The fraction of sp³-hybridized carbons (Fsp3) is 0.696. The number of hydrogen-bond donors (Lipinski definition) is 2. The van der Waals surface area contributed by atoms with Crippen LogP contribution < -0.4 is 5.73 Å². The summed E-state index contributed by atoms with van der Waals surface area (Å²) in [4.78, 5) is 52.0. The standard InChI is InChI=1S/C46H67N7O10/c1-11-35-46(8)40-27(4)37(48-17-18-53(40)44(56)63-46)25(2)20-45(7)41(62-43-38(54)34(52(9)10)19-26(3)60-43)28(5)39(29(6)42(55)61-35)57-22-32(23-58-45)51-59-24-31-13-12-14-33(50-31)30-15-16-36(47)49-21-30/h12-16,21,25-29,34-35,38-41,43,54H,11,17-20,22-24H2,1-10H3,(H2,47,49)/t25-,26+,27+,28+,29+,34-,35-,38+,39+,40-,41-,43-,45-,46-/m1/s1. The largest absolute Gasteiger partial charge is 0.458 e. The molecule has 5 aliphatic rings. The van der Waals surface area contributed by atoms with Crippen molar-refractivity contribution < 1.29 is 48.0 Å². The summed E-state index contributed by atoms with van der Waals surface area (Å²) in [7, 11) is 3.87. The van der Waals surface area contributed by atoms with Gasteiger partial charge in [-0.05, 0) is 91.2 Å². The number of oxime groups is 1. The summed E-state index contributed by atoms with van der Waals surface area (Å²) < 4.78 is 39.9. The minimum Gasteiger partial charge on any atom is -0.458 e. The highest BCUT2D eigenvalue weighted by atomic mass is 16.7. The summed E-state index contributed by atoms with van der Waals surface area (Å²) >= 11 is 0. The molecule has 2 aromatic rings. The molecule has 0 radical (unpaired) electrons. The SMILES string of the molecule is CC[C@H]1OC(=O)[C@@H](C)[C@H]2OCC(=NOCc3cccc(-c4ccc(N)nc4)n3)CO[C@](C)(C[C@@H](C)C3=NCCN4C(=O)O[C@@]1(C)[C@H]4[C@H]3C)[C@H](O[C@H]1O[C@@H](C)C[C@@H](N(C)C)[C@@H]1O)[C@H]2C. The third-order valence-electron chi connectivity index (χ3n) is 13.9. The van der Waals surface area contributed by atoms with Crippen LogP contribution in [0.4, 0.5) is 10.6 Å². The molecule has 17 nitrogen and oxygen atoms in total. The second-order valence-electron chi connectivity index (χ2n) is 18.8. The lowest BCUT2D eigenvalue weighted by Gasteiger charge is -2.48. The quantitative estimate of drug-likeness (QED) is 0.268. The average Bonchev–Trinajstić information content (AvgIpc) is 3.39. The zero-order valence-corrected chi connectivity index (χ0v) is 38.4. The number of carbonyl (C=O) groups is 2. The molecule has 63 heavy (non-hydrogen) atoms. The van der Waals surface area contributed by atoms with E-state index in [9.17, 15) is 14.7 Å². The van der Waals surface area contributed by atoms with Gasteiger partial charge in [0.05, 0.1) is 67.0 Å². The molecule has 4 bridgehead atoms. The minimum atomic E-state index is -1.15.